The highest BCUT2D eigenvalue weighted by molar-refractivity contribution is 6.17. The number of rotatable bonds is 4. The Morgan fingerprint density at radius 3 is 2.74 bits per heavy atom. The van der Waals surface area contributed by atoms with E-state index in [-0.39, 0.29) is 11.6 Å². The van der Waals surface area contributed by atoms with Crippen LogP contribution in [0.15, 0.2) is 42.6 Å². The molecule has 0 atom stereocenters. The van der Waals surface area contributed by atoms with E-state index < -0.39 is 5.82 Å². The molecule has 0 saturated carbocycles. The average molecular weight is 279 g/mol. The molecule has 0 aliphatic rings. The van der Waals surface area contributed by atoms with Crippen LogP contribution in [0, 0.1) is 5.82 Å². The molecule has 1 aromatic carbocycles. The molecule has 0 bridgehead atoms. The largest absolute Gasteiger partial charge is 0.347 e. The summed E-state index contributed by atoms with van der Waals surface area (Å²) in [6.45, 7) is 0.378. The van der Waals surface area contributed by atoms with Gasteiger partial charge in [0.15, 0.2) is 0 Å². The van der Waals surface area contributed by atoms with Crippen molar-refractivity contribution in [1.82, 2.24) is 10.3 Å². The van der Waals surface area contributed by atoms with Gasteiger partial charge in [0, 0.05) is 12.4 Å². The number of alkyl halides is 1. The van der Waals surface area contributed by atoms with Crippen LogP contribution in [0.25, 0.3) is 0 Å². The van der Waals surface area contributed by atoms with Crippen LogP contribution in [0.5, 0.6) is 0 Å². The lowest BCUT2D eigenvalue weighted by atomic mass is 10.1. The third-order valence-electron chi connectivity index (χ3n) is 2.56. The summed E-state index contributed by atoms with van der Waals surface area (Å²) >= 11 is 5.74. The molecule has 3 nitrogen and oxygen atoms in total. The molecule has 0 spiro atoms. The van der Waals surface area contributed by atoms with Gasteiger partial charge in [0.05, 0.1) is 6.20 Å². The fraction of sp³-hybridized carbons (Fsp3) is 0.143. The highest BCUT2D eigenvalue weighted by Crippen LogP contribution is 2.08. The molecule has 1 heterocycles. The van der Waals surface area contributed by atoms with Crippen LogP contribution in [0.3, 0.4) is 0 Å². The van der Waals surface area contributed by atoms with Crippen molar-refractivity contribution in [2.75, 3.05) is 0 Å². The van der Waals surface area contributed by atoms with Crippen LogP contribution < -0.4 is 5.32 Å². The third-order valence-corrected chi connectivity index (χ3v) is 2.87. The minimum absolute atomic E-state index is 0.190. The van der Waals surface area contributed by atoms with Crippen molar-refractivity contribution in [2.24, 2.45) is 0 Å². The van der Waals surface area contributed by atoms with E-state index in [1.807, 2.05) is 24.3 Å². The second-order valence-corrected chi connectivity index (χ2v) is 4.27. The SMILES string of the molecule is O=C(NCc1cccc(CCl)c1)c1ccc(F)cn1. The van der Waals surface area contributed by atoms with Gasteiger partial charge in [-0.05, 0) is 23.3 Å². The van der Waals surface area contributed by atoms with Crippen LogP contribution in [0.4, 0.5) is 4.39 Å². The highest BCUT2D eigenvalue weighted by atomic mass is 35.5. The number of hydrogen-bond acceptors (Lipinski definition) is 2. The molecule has 1 amide bonds. The number of carbonyl (C=O) groups excluding carboxylic acids is 1. The van der Waals surface area contributed by atoms with Crippen LogP contribution in [-0.2, 0) is 12.4 Å². The monoisotopic (exact) mass is 278 g/mol. The molecule has 0 saturated heterocycles. The number of nitrogens with one attached hydrogen (secondary N) is 1. The van der Waals surface area contributed by atoms with Crippen molar-refractivity contribution in [3.63, 3.8) is 0 Å². The molecule has 2 aromatic rings. The summed E-state index contributed by atoms with van der Waals surface area (Å²) in [4.78, 5) is 15.5. The standard InChI is InChI=1S/C14H12ClFN2O/c15-7-10-2-1-3-11(6-10)8-18-14(19)13-5-4-12(16)9-17-13/h1-6,9H,7-8H2,(H,18,19). The number of hydrogen-bond donors (Lipinski definition) is 1. The van der Waals surface area contributed by atoms with E-state index in [1.165, 1.54) is 12.1 Å². The Morgan fingerprint density at radius 2 is 2.05 bits per heavy atom. The quantitative estimate of drug-likeness (QED) is 0.874. The minimum atomic E-state index is -0.466. The van der Waals surface area contributed by atoms with Gasteiger partial charge in [-0.15, -0.1) is 11.6 Å². The summed E-state index contributed by atoms with van der Waals surface area (Å²) in [6.07, 6.45) is 1.02. The number of carbonyl (C=O) groups is 1. The summed E-state index contributed by atoms with van der Waals surface area (Å²) < 4.78 is 12.7. The van der Waals surface area contributed by atoms with E-state index in [0.717, 1.165) is 17.3 Å². The lowest BCUT2D eigenvalue weighted by Gasteiger charge is -2.06. The molecule has 1 aromatic heterocycles. The van der Waals surface area contributed by atoms with Gasteiger partial charge in [0.1, 0.15) is 11.5 Å². The van der Waals surface area contributed by atoms with E-state index in [1.54, 1.807) is 0 Å². The lowest BCUT2D eigenvalue weighted by Crippen LogP contribution is -2.23. The van der Waals surface area contributed by atoms with E-state index in [0.29, 0.717) is 12.4 Å². The lowest BCUT2D eigenvalue weighted by molar-refractivity contribution is 0.0946. The van der Waals surface area contributed by atoms with E-state index in [4.69, 9.17) is 11.6 Å². The smallest absolute Gasteiger partial charge is 0.270 e. The summed E-state index contributed by atoms with van der Waals surface area (Å²) in [6, 6.07) is 10.2. The molecule has 98 valence electrons. The number of nitrogens with zero attached hydrogens (tertiary/aromatic N) is 1. The summed E-state index contributed by atoms with van der Waals surface area (Å²) in [5.74, 6) is -0.371. The maximum atomic E-state index is 12.7. The van der Waals surface area contributed by atoms with E-state index >= 15 is 0 Å². The van der Waals surface area contributed by atoms with Gasteiger partial charge in [0.2, 0.25) is 0 Å². The number of benzene rings is 1. The van der Waals surface area contributed by atoms with Crippen molar-refractivity contribution in [1.29, 1.82) is 0 Å². The van der Waals surface area contributed by atoms with Crippen molar-refractivity contribution >= 4 is 17.5 Å². The zero-order chi connectivity index (χ0) is 13.7. The Labute approximate surface area is 115 Å². The third kappa shape index (κ3) is 3.76. The number of amides is 1. The predicted octanol–water partition coefficient (Wildman–Crippen LogP) is 2.89. The van der Waals surface area contributed by atoms with Crippen LogP contribution in [0.2, 0.25) is 0 Å². The Kier molecular flexibility index (Phi) is 4.47. The molecular formula is C14H12ClFN2O. The van der Waals surface area contributed by atoms with Crippen molar-refractivity contribution in [2.45, 2.75) is 12.4 Å². The Morgan fingerprint density at radius 1 is 1.26 bits per heavy atom. The zero-order valence-electron chi connectivity index (χ0n) is 10.1. The molecule has 2 rings (SSSR count). The first-order valence-corrected chi connectivity index (χ1v) is 6.26. The van der Waals surface area contributed by atoms with Gasteiger partial charge in [-0.3, -0.25) is 4.79 Å². The van der Waals surface area contributed by atoms with Crippen LogP contribution >= 0.6 is 11.6 Å². The summed E-state index contributed by atoms with van der Waals surface area (Å²) in [5.41, 5.74) is 2.14. The molecular weight excluding hydrogens is 267 g/mol. The molecule has 1 N–H and O–H groups in total. The fourth-order valence-corrected chi connectivity index (χ4v) is 1.77. The zero-order valence-corrected chi connectivity index (χ0v) is 10.8. The van der Waals surface area contributed by atoms with Gasteiger partial charge in [-0.25, -0.2) is 9.37 Å². The second kappa shape index (κ2) is 6.29. The molecule has 5 heteroatoms. The van der Waals surface area contributed by atoms with Crippen LogP contribution in [-0.4, -0.2) is 10.9 Å². The fourth-order valence-electron chi connectivity index (χ4n) is 1.61. The van der Waals surface area contributed by atoms with Gasteiger partial charge in [0.25, 0.3) is 5.91 Å². The highest BCUT2D eigenvalue weighted by Gasteiger charge is 2.06. The summed E-state index contributed by atoms with van der Waals surface area (Å²) in [5, 5.41) is 2.72. The Hall–Kier alpha value is -1.94. The van der Waals surface area contributed by atoms with Crippen molar-refractivity contribution in [3.8, 4) is 0 Å². The van der Waals surface area contributed by atoms with Crippen molar-refractivity contribution in [3.05, 3.63) is 65.2 Å². The van der Waals surface area contributed by atoms with E-state index in [2.05, 4.69) is 10.3 Å². The predicted molar refractivity (Wildman–Crippen MR) is 71.4 cm³/mol. The van der Waals surface area contributed by atoms with Gasteiger partial charge < -0.3 is 5.32 Å². The number of pyridine rings is 1. The Bertz CT molecular complexity index is 572. The maximum absolute atomic E-state index is 12.7. The van der Waals surface area contributed by atoms with Gasteiger partial charge >= 0.3 is 0 Å². The average Bonchev–Trinajstić information content (AvgIpc) is 2.46. The second-order valence-electron chi connectivity index (χ2n) is 4.00. The Balaban J connectivity index is 1.98. The number of aromatic nitrogens is 1. The first-order chi connectivity index (χ1) is 9.19. The minimum Gasteiger partial charge on any atom is -0.347 e. The molecule has 0 fully saturated rings. The first kappa shape index (κ1) is 13.5. The topological polar surface area (TPSA) is 42.0 Å². The van der Waals surface area contributed by atoms with Gasteiger partial charge in [-0.1, -0.05) is 24.3 Å². The summed E-state index contributed by atoms with van der Waals surface area (Å²) in [7, 11) is 0. The maximum Gasteiger partial charge on any atom is 0.270 e. The molecule has 0 unspecified atom stereocenters. The normalized spacial score (nSPS) is 10.2. The molecule has 19 heavy (non-hydrogen) atoms. The number of halogens is 2. The molecule has 0 aliphatic carbocycles. The van der Waals surface area contributed by atoms with Crippen LogP contribution in [0.1, 0.15) is 21.6 Å². The molecule has 0 radical (unpaired) electrons. The van der Waals surface area contributed by atoms with Gasteiger partial charge in [-0.2, -0.15) is 0 Å². The van der Waals surface area contributed by atoms with Crippen molar-refractivity contribution < 1.29 is 9.18 Å². The van der Waals surface area contributed by atoms with E-state index in [9.17, 15) is 9.18 Å². The molecule has 0 aliphatic heterocycles. The first-order valence-electron chi connectivity index (χ1n) is 5.72.